The summed E-state index contributed by atoms with van der Waals surface area (Å²) in [5.41, 5.74) is 3.83. The minimum absolute atomic E-state index is 0.0547. The van der Waals surface area contributed by atoms with E-state index in [-0.39, 0.29) is 6.03 Å². The van der Waals surface area contributed by atoms with Crippen molar-refractivity contribution in [2.75, 3.05) is 38.0 Å². The van der Waals surface area contributed by atoms with Crippen molar-refractivity contribution in [1.29, 1.82) is 0 Å². The van der Waals surface area contributed by atoms with Crippen LogP contribution in [0.5, 0.6) is 0 Å². The van der Waals surface area contributed by atoms with E-state index >= 15 is 0 Å². The second-order valence-corrected chi connectivity index (χ2v) is 6.91. The van der Waals surface area contributed by atoms with E-state index in [1.54, 1.807) is 4.68 Å². The third kappa shape index (κ3) is 4.09. The predicted molar refractivity (Wildman–Crippen MR) is 106 cm³/mol. The molecule has 4 rings (SSSR count). The van der Waals surface area contributed by atoms with Crippen LogP contribution in [0.4, 0.5) is 10.5 Å². The monoisotopic (exact) mass is 364 g/mol. The molecule has 7 heteroatoms. The minimum atomic E-state index is -0.0547. The predicted octanol–water partition coefficient (Wildman–Crippen LogP) is 2.36. The van der Waals surface area contributed by atoms with Gasteiger partial charge in [0.25, 0.3) is 0 Å². The summed E-state index contributed by atoms with van der Waals surface area (Å²) in [5, 5.41) is 11.1. The van der Waals surface area contributed by atoms with Gasteiger partial charge in [0.1, 0.15) is 5.52 Å². The first-order valence-electron chi connectivity index (χ1n) is 9.31. The van der Waals surface area contributed by atoms with Crippen molar-refractivity contribution in [1.82, 2.24) is 24.8 Å². The van der Waals surface area contributed by atoms with Gasteiger partial charge in [0.15, 0.2) is 0 Å². The van der Waals surface area contributed by atoms with Gasteiger partial charge in [-0.15, -0.1) is 5.10 Å². The van der Waals surface area contributed by atoms with Gasteiger partial charge in [0.2, 0.25) is 0 Å². The maximum Gasteiger partial charge on any atom is 0.321 e. The maximum absolute atomic E-state index is 12.5. The van der Waals surface area contributed by atoms with Gasteiger partial charge in [0.05, 0.1) is 5.52 Å². The molecule has 1 aliphatic heterocycles. The van der Waals surface area contributed by atoms with E-state index in [9.17, 15) is 4.79 Å². The van der Waals surface area contributed by atoms with Gasteiger partial charge >= 0.3 is 6.03 Å². The number of amides is 2. The van der Waals surface area contributed by atoms with Crippen molar-refractivity contribution in [2.45, 2.75) is 6.42 Å². The summed E-state index contributed by atoms with van der Waals surface area (Å²) in [5.74, 6) is 0. The number of carbonyl (C=O) groups excluding carboxylic acids is 1. The molecular weight excluding hydrogens is 340 g/mol. The lowest BCUT2D eigenvalue weighted by molar-refractivity contribution is 0.148. The number of nitrogens with one attached hydrogen (secondary N) is 1. The van der Waals surface area contributed by atoms with Crippen LogP contribution in [0.15, 0.2) is 48.5 Å². The lowest BCUT2D eigenvalue weighted by atomic mass is 10.1. The van der Waals surface area contributed by atoms with Crippen molar-refractivity contribution in [2.24, 2.45) is 7.05 Å². The Kier molecular flexibility index (Phi) is 5.02. The number of hydrogen-bond acceptors (Lipinski definition) is 4. The Morgan fingerprint density at radius 1 is 1.07 bits per heavy atom. The maximum atomic E-state index is 12.5. The molecule has 0 radical (unpaired) electrons. The van der Waals surface area contributed by atoms with Gasteiger partial charge < -0.3 is 10.2 Å². The van der Waals surface area contributed by atoms with Crippen molar-refractivity contribution < 1.29 is 4.79 Å². The van der Waals surface area contributed by atoms with E-state index in [0.29, 0.717) is 0 Å². The molecule has 1 aromatic heterocycles. The molecule has 2 heterocycles. The van der Waals surface area contributed by atoms with Crippen LogP contribution in [0.25, 0.3) is 11.0 Å². The van der Waals surface area contributed by atoms with Crippen molar-refractivity contribution in [3.63, 3.8) is 0 Å². The molecule has 0 atom stereocenters. The largest absolute Gasteiger partial charge is 0.322 e. The molecule has 140 valence electrons. The number of hydrogen-bond donors (Lipinski definition) is 1. The zero-order chi connectivity index (χ0) is 18.6. The molecule has 1 saturated heterocycles. The molecule has 1 fully saturated rings. The lowest BCUT2D eigenvalue weighted by Crippen LogP contribution is -2.50. The fraction of sp³-hybridized carbons (Fsp3) is 0.350. The van der Waals surface area contributed by atoms with Crippen LogP contribution < -0.4 is 5.32 Å². The number of carbonyl (C=O) groups is 1. The molecule has 3 aromatic rings. The van der Waals surface area contributed by atoms with Crippen LogP contribution >= 0.6 is 0 Å². The summed E-state index contributed by atoms with van der Waals surface area (Å²) in [6.45, 7) is 4.33. The van der Waals surface area contributed by atoms with Crippen LogP contribution in [-0.2, 0) is 13.5 Å². The molecule has 0 spiro atoms. The minimum Gasteiger partial charge on any atom is -0.322 e. The smallest absolute Gasteiger partial charge is 0.321 e. The standard InChI is InChI=1S/C20H24N6O/c1-24-19-8-7-17(15-18(19)22-23-24)21-20(27)26-13-11-25(12-14-26)10-9-16-5-3-2-4-6-16/h2-8,15H,9-14H2,1H3,(H,21,27). The zero-order valence-electron chi connectivity index (χ0n) is 15.5. The van der Waals surface area contributed by atoms with Crippen LogP contribution in [0.3, 0.4) is 0 Å². The highest BCUT2D eigenvalue weighted by atomic mass is 16.2. The molecule has 7 nitrogen and oxygen atoms in total. The first-order chi connectivity index (χ1) is 13.2. The summed E-state index contributed by atoms with van der Waals surface area (Å²) in [7, 11) is 1.85. The number of fused-ring (bicyclic) bond motifs is 1. The number of benzene rings is 2. The van der Waals surface area contributed by atoms with Crippen LogP contribution in [0, 0.1) is 0 Å². The first-order valence-corrected chi connectivity index (χ1v) is 9.31. The molecule has 0 bridgehead atoms. The Morgan fingerprint density at radius 3 is 2.63 bits per heavy atom. The van der Waals surface area contributed by atoms with Gasteiger partial charge in [-0.3, -0.25) is 4.90 Å². The fourth-order valence-electron chi connectivity index (χ4n) is 3.43. The third-order valence-corrected chi connectivity index (χ3v) is 5.08. The second kappa shape index (κ2) is 7.75. The average Bonchev–Trinajstić information content (AvgIpc) is 3.08. The normalized spacial score (nSPS) is 15.2. The van der Waals surface area contributed by atoms with Gasteiger partial charge in [-0.1, -0.05) is 35.5 Å². The third-order valence-electron chi connectivity index (χ3n) is 5.08. The quantitative estimate of drug-likeness (QED) is 0.772. The zero-order valence-corrected chi connectivity index (χ0v) is 15.5. The fourth-order valence-corrected chi connectivity index (χ4v) is 3.43. The van der Waals surface area contributed by atoms with E-state index in [4.69, 9.17) is 0 Å². The van der Waals surface area contributed by atoms with E-state index in [2.05, 4.69) is 44.8 Å². The molecule has 1 aliphatic rings. The number of nitrogens with zero attached hydrogens (tertiary/aromatic N) is 5. The number of aromatic nitrogens is 3. The van der Waals surface area contributed by atoms with Crippen molar-refractivity contribution >= 4 is 22.8 Å². The highest BCUT2D eigenvalue weighted by molar-refractivity contribution is 5.91. The summed E-state index contributed by atoms with van der Waals surface area (Å²) in [6, 6.07) is 16.1. The van der Waals surface area contributed by atoms with Crippen molar-refractivity contribution in [3.05, 3.63) is 54.1 Å². The number of rotatable bonds is 4. The molecule has 0 aliphatic carbocycles. The van der Waals surface area contributed by atoms with Gasteiger partial charge in [-0.05, 0) is 30.2 Å². The molecule has 0 unspecified atom stereocenters. The van der Waals surface area contributed by atoms with Gasteiger partial charge in [-0.25, -0.2) is 9.48 Å². The molecule has 1 N–H and O–H groups in total. The Labute approximate surface area is 158 Å². The molecule has 2 amide bonds. The highest BCUT2D eigenvalue weighted by Crippen LogP contribution is 2.17. The van der Waals surface area contributed by atoms with E-state index < -0.39 is 0 Å². The SMILES string of the molecule is Cn1nnc2cc(NC(=O)N3CCN(CCc4ccccc4)CC3)ccc21. The van der Waals surface area contributed by atoms with Crippen LogP contribution in [-0.4, -0.2) is 63.5 Å². The summed E-state index contributed by atoms with van der Waals surface area (Å²) in [4.78, 5) is 16.8. The van der Waals surface area contributed by atoms with Crippen LogP contribution in [0.2, 0.25) is 0 Å². The van der Waals surface area contributed by atoms with E-state index in [1.165, 1.54) is 5.56 Å². The summed E-state index contributed by atoms with van der Waals surface area (Å²) >= 11 is 0. The topological polar surface area (TPSA) is 66.3 Å². The Bertz CT molecular complexity index is 915. The second-order valence-electron chi connectivity index (χ2n) is 6.91. The summed E-state index contributed by atoms with van der Waals surface area (Å²) in [6.07, 6.45) is 1.05. The molecule has 2 aromatic carbocycles. The molecular formula is C20H24N6O. The van der Waals surface area contributed by atoms with Gasteiger partial charge in [0, 0.05) is 45.5 Å². The van der Waals surface area contributed by atoms with E-state index in [1.807, 2.05) is 36.2 Å². The lowest BCUT2D eigenvalue weighted by Gasteiger charge is -2.34. The molecule has 0 saturated carbocycles. The van der Waals surface area contributed by atoms with E-state index in [0.717, 1.165) is 55.9 Å². The Hall–Kier alpha value is -2.93. The number of aryl methyl sites for hydroxylation is 1. The molecule has 27 heavy (non-hydrogen) atoms. The van der Waals surface area contributed by atoms with Crippen molar-refractivity contribution in [3.8, 4) is 0 Å². The van der Waals surface area contributed by atoms with Gasteiger partial charge in [-0.2, -0.15) is 0 Å². The highest BCUT2D eigenvalue weighted by Gasteiger charge is 2.21. The summed E-state index contributed by atoms with van der Waals surface area (Å²) < 4.78 is 1.72. The average molecular weight is 364 g/mol. The Morgan fingerprint density at radius 2 is 1.85 bits per heavy atom. The number of urea groups is 1. The number of piperazine rings is 1. The van der Waals surface area contributed by atoms with Crippen LogP contribution in [0.1, 0.15) is 5.56 Å². The number of anilines is 1. The Balaban J connectivity index is 1.27. The first kappa shape index (κ1) is 17.5.